The van der Waals surface area contributed by atoms with Crippen molar-refractivity contribution in [3.05, 3.63) is 59.2 Å². The summed E-state index contributed by atoms with van der Waals surface area (Å²) in [6.45, 7) is 1.98. The second-order valence-electron chi connectivity index (χ2n) is 5.55. The van der Waals surface area contributed by atoms with Crippen LogP contribution < -0.4 is 10.1 Å². The summed E-state index contributed by atoms with van der Waals surface area (Å²) in [5.41, 5.74) is 3.54. The first-order valence-electron chi connectivity index (χ1n) is 7.84. The van der Waals surface area contributed by atoms with E-state index in [1.807, 2.05) is 43.3 Å². The van der Waals surface area contributed by atoms with Gasteiger partial charge in [-0.05, 0) is 30.5 Å². The number of hydrogen-bond acceptors (Lipinski definition) is 3. The summed E-state index contributed by atoms with van der Waals surface area (Å²) in [5, 5.41) is 2.88. The second-order valence-corrected chi connectivity index (χ2v) is 5.55. The highest BCUT2D eigenvalue weighted by molar-refractivity contribution is 6.01. The number of amides is 1. The summed E-state index contributed by atoms with van der Waals surface area (Å²) in [6, 6.07) is 13.1. The van der Waals surface area contributed by atoms with Gasteiger partial charge in [0.05, 0.1) is 0 Å². The summed E-state index contributed by atoms with van der Waals surface area (Å²) in [7, 11) is 0. The van der Waals surface area contributed by atoms with Gasteiger partial charge in [-0.25, -0.2) is 0 Å². The Balaban J connectivity index is 1.65. The Morgan fingerprint density at radius 2 is 1.96 bits per heavy atom. The molecule has 0 unspecified atom stereocenters. The van der Waals surface area contributed by atoms with Crippen LogP contribution in [0, 0.1) is 0 Å². The van der Waals surface area contributed by atoms with Crippen LogP contribution in [0.3, 0.4) is 0 Å². The van der Waals surface area contributed by atoms with E-state index < -0.39 is 0 Å². The van der Waals surface area contributed by atoms with Crippen molar-refractivity contribution in [1.29, 1.82) is 0 Å². The Hall–Kier alpha value is -2.62. The van der Waals surface area contributed by atoms with Gasteiger partial charge in [-0.3, -0.25) is 9.59 Å². The van der Waals surface area contributed by atoms with Crippen molar-refractivity contribution in [1.82, 2.24) is 0 Å². The highest BCUT2D eigenvalue weighted by Gasteiger charge is 2.22. The minimum atomic E-state index is -0.201. The van der Waals surface area contributed by atoms with Gasteiger partial charge < -0.3 is 10.1 Å². The van der Waals surface area contributed by atoms with E-state index in [1.54, 1.807) is 6.07 Å². The molecule has 4 heteroatoms. The van der Waals surface area contributed by atoms with E-state index in [0.717, 1.165) is 28.8 Å². The summed E-state index contributed by atoms with van der Waals surface area (Å²) in [4.78, 5) is 23.8. The van der Waals surface area contributed by atoms with Crippen molar-refractivity contribution in [3.63, 3.8) is 0 Å². The quantitative estimate of drug-likeness (QED) is 0.921. The van der Waals surface area contributed by atoms with E-state index >= 15 is 0 Å². The number of fused-ring (bicyclic) bond motifs is 1. The largest absolute Gasteiger partial charge is 0.483 e. The third kappa shape index (κ3) is 3.26. The zero-order chi connectivity index (χ0) is 16.2. The molecule has 3 rings (SSSR count). The molecule has 1 N–H and O–H groups in total. The van der Waals surface area contributed by atoms with E-state index in [0.29, 0.717) is 18.6 Å². The lowest BCUT2D eigenvalue weighted by Crippen LogP contribution is -2.21. The predicted octanol–water partition coefficient (Wildman–Crippen LogP) is 3.40. The fourth-order valence-corrected chi connectivity index (χ4v) is 2.87. The number of rotatable bonds is 5. The molecule has 0 aliphatic heterocycles. The van der Waals surface area contributed by atoms with Gasteiger partial charge in [-0.2, -0.15) is 0 Å². The molecule has 1 amide bonds. The highest BCUT2D eigenvalue weighted by Crippen LogP contribution is 2.30. The maximum absolute atomic E-state index is 12.1. The fraction of sp³-hybridized carbons (Fsp3) is 0.263. The molecule has 1 aliphatic carbocycles. The lowest BCUT2D eigenvalue weighted by atomic mass is 10.1. The summed E-state index contributed by atoms with van der Waals surface area (Å²) >= 11 is 0. The molecular weight excluding hydrogens is 290 g/mol. The smallest absolute Gasteiger partial charge is 0.262 e. The van der Waals surface area contributed by atoms with Gasteiger partial charge in [0, 0.05) is 23.2 Å². The van der Waals surface area contributed by atoms with Crippen molar-refractivity contribution in [2.75, 3.05) is 11.9 Å². The second kappa shape index (κ2) is 6.65. The average molecular weight is 309 g/mol. The van der Waals surface area contributed by atoms with Gasteiger partial charge in [0.15, 0.2) is 12.4 Å². The number of ether oxygens (including phenoxy) is 1. The van der Waals surface area contributed by atoms with Crippen LogP contribution in [0.4, 0.5) is 5.69 Å². The molecule has 0 radical (unpaired) electrons. The minimum Gasteiger partial charge on any atom is -0.483 e. The average Bonchev–Trinajstić information content (AvgIpc) is 2.95. The molecule has 0 saturated carbocycles. The monoisotopic (exact) mass is 309 g/mol. The Morgan fingerprint density at radius 1 is 1.13 bits per heavy atom. The Bertz CT molecular complexity index is 752. The topological polar surface area (TPSA) is 55.4 Å². The number of aryl methyl sites for hydroxylation is 1. The van der Waals surface area contributed by atoms with Crippen molar-refractivity contribution in [2.24, 2.45) is 0 Å². The molecule has 0 saturated heterocycles. The number of carbonyl (C=O) groups excluding carboxylic acids is 2. The van der Waals surface area contributed by atoms with Gasteiger partial charge >= 0.3 is 0 Å². The number of benzene rings is 2. The first-order valence-corrected chi connectivity index (χ1v) is 7.84. The molecule has 0 fully saturated rings. The SMILES string of the molecule is CCc1ccccc1NC(=O)COc1cccc2c1CCC2=O. The van der Waals surface area contributed by atoms with Crippen LogP contribution in [0.15, 0.2) is 42.5 Å². The van der Waals surface area contributed by atoms with E-state index in [9.17, 15) is 9.59 Å². The zero-order valence-corrected chi connectivity index (χ0v) is 13.1. The molecular formula is C19H19NO3. The van der Waals surface area contributed by atoms with Crippen LogP contribution in [-0.2, 0) is 17.6 Å². The third-order valence-corrected chi connectivity index (χ3v) is 4.07. The van der Waals surface area contributed by atoms with Crippen molar-refractivity contribution >= 4 is 17.4 Å². The number of carbonyl (C=O) groups is 2. The van der Waals surface area contributed by atoms with Gasteiger partial charge in [0.25, 0.3) is 5.91 Å². The molecule has 2 aromatic rings. The number of para-hydroxylation sites is 1. The van der Waals surface area contributed by atoms with Crippen LogP contribution in [-0.4, -0.2) is 18.3 Å². The number of anilines is 1. The predicted molar refractivity (Wildman–Crippen MR) is 89.0 cm³/mol. The van der Waals surface area contributed by atoms with Gasteiger partial charge in [0.2, 0.25) is 0 Å². The summed E-state index contributed by atoms with van der Waals surface area (Å²) in [5.74, 6) is 0.576. The number of ketones is 1. The first kappa shape index (κ1) is 15.3. The number of hydrogen-bond donors (Lipinski definition) is 1. The van der Waals surface area contributed by atoms with Gasteiger partial charge in [-0.1, -0.05) is 37.3 Å². The molecule has 0 bridgehead atoms. The molecule has 2 aromatic carbocycles. The van der Waals surface area contributed by atoms with Gasteiger partial charge in [0.1, 0.15) is 5.75 Å². The van der Waals surface area contributed by atoms with Crippen molar-refractivity contribution in [2.45, 2.75) is 26.2 Å². The molecule has 4 nitrogen and oxygen atoms in total. The highest BCUT2D eigenvalue weighted by atomic mass is 16.5. The molecule has 0 heterocycles. The van der Waals surface area contributed by atoms with Crippen LogP contribution in [0.2, 0.25) is 0 Å². The van der Waals surface area contributed by atoms with E-state index in [-0.39, 0.29) is 18.3 Å². The fourth-order valence-electron chi connectivity index (χ4n) is 2.87. The summed E-state index contributed by atoms with van der Waals surface area (Å²) in [6.07, 6.45) is 2.06. The normalized spacial score (nSPS) is 12.8. The Morgan fingerprint density at radius 3 is 2.78 bits per heavy atom. The van der Waals surface area contributed by atoms with E-state index in [4.69, 9.17) is 4.74 Å². The van der Waals surface area contributed by atoms with Crippen LogP contribution in [0.5, 0.6) is 5.75 Å². The number of Topliss-reactive ketones (excluding diaryl/α,β-unsaturated/α-hetero) is 1. The lowest BCUT2D eigenvalue weighted by molar-refractivity contribution is -0.118. The molecule has 118 valence electrons. The molecule has 1 aliphatic rings. The van der Waals surface area contributed by atoms with Crippen LogP contribution >= 0.6 is 0 Å². The lowest BCUT2D eigenvalue weighted by Gasteiger charge is -2.12. The van der Waals surface area contributed by atoms with Crippen LogP contribution in [0.25, 0.3) is 0 Å². The molecule has 0 spiro atoms. The molecule has 0 atom stereocenters. The first-order chi connectivity index (χ1) is 11.2. The molecule has 23 heavy (non-hydrogen) atoms. The minimum absolute atomic E-state index is 0.0668. The maximum Gasteiger partial charge on any atom is 0.262 e. The third-order valence-electron chi connectivity index (χ3n) is 4.07. The Labute approximate surface area is 135 Å². The molecule has 0 aromatic heterocycles. The Kier molecular flexibility index (Phi) is 4.42. The van der Waals surface area contributed by atoms with Gasteiger partial charge in [-0.15, -0.1) is 0 Å². The number of nitrogens with one attached hydrogen (secondary N) is 1. The summed E-state index contributed by atoms with van der Waals surface area (Å²) < 4.78 is 5.64. The van der Waals surface area contributed by atoms with Crippen molar-refractivity contribution in [3.8, 4) is 5.75 Å². The van der Waals surface area contributed by atoms with E-state index in [1.165, 1.54) is 0 Å². The zero-order valence-electron chi connectivity index (χ0n) is 13.1. The van der Waals surface area contributed by atoms with Crippen LogP contribution in [0.1, 0.15) is 34.8 Å². The standard InChI is InChI=1S/C19H19NO3/c1-2-13-6-3-4-8-16(13)20-19(22)12-23-18-9-5-7-14-15(18)10-11-17(14)21/h3-9H,2,10-12H2,1H3,(H,20,22). The van der Waals surface area contributed by atoms with E-state index in [2.05, 4.69) is 5.32 Å². The van der Waals surface area contributed by atoms with Crippen molar-refractivity contribution < 1.29 is 14.3 Å². The maximum atomic E-state index is 12.1.